The van der Waals surface area contributed by atoms with Crippen LogP contribution in [-0.4, -0.2) is 53.8 Å². The lowest BCUT2D eigenvalue weighted by Crippen LogP contribution is -2.35. The monoisotopic (exact) mass is 281 g/mol. The molecule has 0 amide bonds. The van der Waals surface area contributed by atoms with Gasteiger partial charge in [0.15, 0.2) is 5.13 Å². The molecule has 1 N–H and O–H groups in total. The molecule has 2 heterocycles. The Bertz CT molecular complexity index is 369. The number of hydrogen-bond acceptors (Lipinski definition) is 5. The molecule has 1 aliphatic rings. The minimum atomic E-state index is -0.232. The fourth-order valence-corrected chi connectivity index (χ4v) is 3.11. The van der Waals surface area contributed by atoms with E-state index < -0.39 is 0 Å². The van der Waals surface area contributed by atoms with Gasteiger partial charge in [-0.15, -0.1) is 17.9 Å². The van der Waals surface area contributed by atoms with Crippen LogP contribution >= 0.6 is 11.3 Å². The predicted octanol–water partition coefficient (Wildman–Crippen LogP) is 1.98. The van der Waals surface area contributed by atoms with Crippen LogP contribution in [0.25, 0.3) is 0 Å². The largest absolute Gasteiger partial charge is 0.392 e. The van der Waals surface area contributed by atoms with Crippen molar-refractivity contribution >= 4 is 16.5 Å². The van der Waals surface area contributed by atoms with Crippen molar-refractivity contribution in [2.75, 3.05) is 37.6 Å². The first kappa shape index (κ1) is 14.5. The number of aliphatic hydroxyl groups is 1. The minimum absolute atomic E-state index is 0.232. The molecule has 0 saturated carbocycles. The summed E-state index contributed by atoms with van der Waals surface area (Å²) in [6, 6.07) is 0. The summed E-state index contributed by atoms with van der Waals surface area (Å²) in [7, 11) is 0. The second kappa shape index (κ2) is 7.62. The first-order valence-corrected chi connectivity index (χ1v) is 7.83. The number of thiazole rings is 1. The fourth-order valence-electron chi connectivity index (χ4n) is 2.42. The molecule has 1 aromatic heterocycles. The first-order chi connectivity index (χ1) is 9.29. The fraction of sp³-hybridized carbons (Fsp3) is 0.643. The van der Waals surface area contributed by atoms with E-state index in [-0.39, 0.29) is 6.10 Å². The summed E-state index contributed by atoms with van der Waals surface area (Å²) < 4.78 is 0. The molecule has 1 aliphatic heterocycles. The molecule has 0 bridgehead atoms. The van der Waals surface area contributed by atoms with Gasteiger partial charge in [0.1, 0.15) is 0 Å². The third-order valence-electron chi connectivity index (χ3n) is 3.45. The van der Waals surface area contributed by atoms with Gasteiger partial charge in [0.25, 0.3) is 0 Å². The average molecular weight is 281 g/mol. The van der Waals surface area contributed by atoms with Crippen LogP contribution in [0.5, 0.6) is 0 Å². The molecule has 106 valence electrons. The Morgan fingerprint density at radius 1 is 1.42 bits per heavy atom. The summed E-state index contributed by atoms with van der Waals surface area (Å²) >= 11 is 1.70. The van der Waals surface area contributed by atoms with Crippen molar-refractivity contribution < 1.29 is 5.11 Å². The maximum Gasteiger partial charge on any atom is 0.185 e. The van der Waals surface area contributed by atoms with Gasteiger partial charge in [0.2, 0.25) is 0 Å². The predicted molar refractivity (Wildman–Crippen MR) is 80.8 cm³/mol. The Morgan fingerprint density at radius 2 is 2.32 bits per heavy atom. The lowest BCUT2D eigenvalue weighted by molar-refractivity contribution is 0.110. The van der Waals surface area contributed by atoms with Crippen molar-refractivity contribution in [3.05, 3.63) is 24.2 Å². The van der Waals surface area contributed by atoms with Gasteiger partial charge in [0, 0.05) is 37.8 Å². The van der Waals surface area contributed by atoms with Crippen molar-refractivity contribution in [2.45, 2.75) is 25.4 Å². The topological polar surface area (TPSA) is 39.6 Å². The van der Waals surface area contributed by atoms with Gasteiger partial charge in [-0.2, -0.15) is 0 Å². The highest BCUT2D eigenvalue weighted by Crippen LogP contribution is 2.19. The van der Waals surface area contributed by atoms with Crippen LogP contribution in [0.1, 0.15) is 19.3 Å². The highest BCUT2D eigenvalue weighted by Gasteiger charge is 2.18. The van der Waals surface area contributed by atoms with Crippen molar-refractivity contribution in [3.63, 3.8) is 0 Å². The van der Waals surface area contributed by atoms with Gasteiger partial charge < -0.3 is 10.0 Å². The summed E-state index contributed by atoms with van der Waals surface area (Å²) in [4.78, 5) is 9.08. The zero-order valence-electron chi connectivity index (χ0n) is 11.4. The second-order valence-electron chi connectivity index (χ2n) is 4.98. The van der Waals surface area contributed by atoms with Gasteiger partial charge in [-0.05, 0) is 25.8 Å². The Morgan fingerprint density at radius 3 is 3.05 bits per heavy atom. The number of aliphatic hydroxyl groups excluding tert-OH is 1. The molecule has 2 rings (SSSR count). The number of β-amino-alcohol motifs (C(OH)–C–C–N with tert-alkyl or cyclic N) is 1. The average Bonchev–Trinajstić information content (AvgIpc) is 2.84. The quantitative estimate of drug-likeness (QED) is 0.809. The van der Waals surface area contributed by atoms with E-state index in [0.717, 1.165) is 57.1 Å². The molecule has 1 atom stereocenters. The molecule has 0 radical (unpaired) electrons. The van der Waals surface area contributed by atoms with Crippen molar-refractivity contribution in [1.82, 2.24) is 9.88 Å². The van der Waals surface area contributed by atoms with Gasteiger partial charge in [-0.3, -0.25) is 4.90 Å². The van der Waals surface area contributed by atoms with Crippen molar-refractivity contribution in [3.8, 4) is 0 Å². The molecule has 19 heavy (non-hydrogen) atoms. The van der Waals surface area contributed by atoms with Crippen LogP contribution in [0.3, 0.4) is 0 Å². The molecule has 4 nitrogen and oxygen atoms in total. The standard InChI is InChI=1S/C14H23N3OS/c1-2-3-5-13(18)12-16-7-4-8-17(10-9-16)14-15-6-11-19-14/h2,6,11,13,18H,1,3-5,7-10,12H2/t13-/m0/s1. The van der Waals surface area contributed by atoms with E-state index in [2.05, 4.69) is 21.4 Å². The molecule has 0 aliphatic carbocycles. The van der Waals surface area contributed by atoms with E-state index >= 15 is 0 Å². The van der Waals surface area contributed by atoms with Crippen LogP contribution < -0.4 is 4.90 Å². The number of rotatable bonds is 6. The van der Waals surface area contributed by atoms with Crippen molar-refractivity contribution in [1.29, 1.82) is 0 Å². The third kappa shape index (κ3) is 4.60. The van der Waals surface area contributed by atoms with Crippen LogP contribution in [0.15, 0.2) is 24.2 Å². The molecular formula is C14H23N3OS. The Balaban J connectivity index is 1.78. The van der Waals surface area contributed by atoms with Crippen molar-refractivity contribution in [2.24, 2.45) is 0 Å². The van der Waals surface area contributed by atoms with E-state index in [9.17, 15) is 5.11 Å². The van der Waals surface area contributed by atoms with Gasteiger partial charge in [-0.25, -0.2) is 4.98 Å². The summed E-state index contributed by atoms with van der Waals surface area (Å²) in [6.07, 6.45) is 6.34. The van der Waals surface area contributed by atoms with E-state index in [0.29, 0.717) is 0 Å². The molecule has 0 aromatic carbocycles. The van der Waals surface area contributed by atoms with E-state index in [1.54, 1.807) is 11.3 Å². The van der Waals surface area contributed by atoms with Crippen LogP contribution in [0, 0.1) is 0 Å². The zero-order valence-corrected chi connectivity index (χ0v) is 12.2. The zero-order chi connectivity index (χ0) is 13.5. The van der Waals surface area contributed by atoms with Gasteiger partial charge >= 0.3 is 0 Å². The van der Waals surface area contributed by atoms with Crippen LogP contribution in [0.2, 0.25) is 0 Å². The number of hydrogen-bond donors (Lipinski definition) is 1. The first-order valence-electron chi connectivity index (χ1n) is 6.95. The highest BCUT2D eigenvalue weighted by atomic mass is 32.1. The molecule has 0 spiro atoms. The summed E-state index contributed by atoms with van der Waals surface area (Å²) in [5, 5.41) is 13.1. The molecule has 1 fully saturated rings. The minimum Gasteiger partial charge on any atom is -0.392 e. The lowest BCUT2D eigenvalue weighted by atomic mass is 10.2. The Hall–Kier alpha value is -0.910. The smallest absolute Gasteiger partial charge is 0.185 e. The van der Waals surface area contributed by atoms with Gasteiger partial charge in [-0.1, -0.05) is 6.08 Å². The van der Waals surface area contributed by atoms with E-state index in [1.807, 2.05) is 17.7 Å². The molecule has 1 saturated heterocycles. The molecule has 5 heteroatoms. The second-order valence-corrected chi connectivity index (χ2v) is 5.85. The number of aromatic nitrogens is 1. The highest BCUT2D eigenvalue weighted by molar-refractivity contribution is 7.13. The number of anilines is 1. The molecule has 1 aromatic rings. The van der Waals surface area contributed by atoms with E-state index in [1.165, 1.54) is 0 Å². The summed E-state index contributed by atoms with van der Waals surface area (Å²) in [5.74, 6) is 0. The normalized spacial score (nSPS) is 19.1. The number of allylic oxidation sites excluding steroid dienone is 1. The van der Waals surface area contributed by atoms with Crippen LogP contribution in [0.4, 0.5) is 5.13 Å². The van der Waals surface area contributed by atoms with Crippen LogP contribution in [-0.2, 0) is 0 Å². The van der Waals surface area contributed by atoms with E-state index in [4.69, 9.17) is 0 Å². The lowest BCUT2D eigenvalue weighted by Gasteiger charge is -2.23. The Labute approximate surface area is 119 Å². The maximum absolute atomic E-state index is 9.96. The molecular weight excluding hydrogens is 258 g/mol. The number of nitrogens with zero attached hydrogens (tertiary/aromatic N) is 3. The summed E-state index contributed by atoms with van der Waals surface area (Å²) in [5.41, 5.74) is 0. The molecule has 0 unspecified atom stereocenters. The summed E-state index contributed by atoms with van der Waals surface area (Å²) in [6.45, 7) is 8.60. The third-order valence-corrected chi connectivity index (χ3v) is 4.28. The van der Waals surface area contributed by atoms with Gasteiger partial charge in [0.05, 0.1) is 6.10 Å². The SMILES string of the molecule is C=CCC[C@H](O)CN1CCCN(c2nccs2)CC1. The Kier molecular flexibility index (Phi) is 5.82. The maximum atomic E-state index is 9.96.